The highest BCUT2D eigenvalue weighted by Crippen LogP contribution is 2.32. The van der Waals surface area contributed by atoms with Crippen molar-refractivity contribution < 1.29 is 19.1 Å². The third-order valence-electron chi connectivity index (χ3n) is 5.01. The first-order valence-electron chi connectivity index (χ1n) is 10.3. The van der Waals surface area contributed by atoms with E-state index >= 15 is 0 Å². The molecule has 6 heteroatoms. The first-order valence-corrected chi connectivity index (χ1v) is 10.3. The molecule has 158 valence electrons. The number of aryl methyl sites for hydroxylation is 1. The summed E-state index contributed by atoms with van der Waals surface area (Å²) < 4.78 is 11.5. The largest absolute Gasteiger partial charge is 0.490 e. The van der Waals surface area contributed by atoms with Gasteiger partial charge in [0.15, 0.2) is 5.75 Å². The number of fused-ring (bicyclic) bond motifs is 1. The summed E-state index contributed by atoms with van der Waals surface area (Å²) in [5.41, 5.74) is 2.45. The number of hydrogen-bond acceptors (Lipinski definition) is 4. The third kappa shape index (κ3) is 5.04. The summed E-state index contributed by atoms with van der Waals surface area (Å²) >= 11 is 0. The highest BCUT2D eigenvalue weighted by molar-refractivity contribution is 5.99. The molecular weight excluding hydrogens is 392 g/mol. The standard InChI is InChI=1S/C25H24N2O4/c1-18-10-12-19(13-11-18)31-22-8-4-2-6-20(22)26-24(28)14-15-25(29)27-16-17-30-23-9-5-3-7-21(23)27/h2-13H,14-17H2,1H3,(H,26,28). The molecule has 0 radical (unpaired) electrons. The van der Waals surface area contributed by atoms with E-state index in [4.69, 9.17) is 9.47 Å². The second-order valence-corrected chi connectivity index (χ2v) is 7.32. The van der Waals surface area contributed by atoms with Crippen molar-refractivity contribution in [1.82, 2.24) is 0 Å². The van der Waals surface area contributed by atoms with Crippen LogP contribution in [0.25, 0.3) is 0 Å². The zero-order valence-electron chi connectivity index (χ0n) is 17.3. The molecule has 0 saturated heterocycles. The first kappa shape index (κ1) is 20.5. The fourth-order valence-electron chi connectivity index (χ4n) is 3.39. The minimum Gasteiger partial charge on any atom is -0.490 e. The van der Waals surface area contributed by atoms with E-state index in [1.165, 1.54) is 0 Å². The maximum Gasteiger partial charge on any atom is 0.227 e. The Labute approximate surface area is 181 Å². The fourth-order valence-corrected chi connectivity index (χ4v) is 3.39. The molecule has 31 heavy (non-hydrogen) atoms. The first-order chi connectivity index (χ1) is 15.1. The Bertz CT molecular complexity index is 1080. The van der Waals surface area contributed by atoms with Crippen LogP contribution in [0.1, 0.15) is 18.4 Å². The highest BCUT2D eigenvalue weighted by atomic mass is 16.5. The van der Waals surface area contributed by atoms with Crippen molar-refractivity contribution in [1.29, 1.82) is 0 Å². The van der Waals surface area contributed by atoms with E-state index < -0.39 is 0 Å². The second-order valence-electron chi connectivity index (χ2n) is 7.32. The van der Waals surface area contributed by atoms with Crippen LogP contribution in [0.2, 0.25) is 0 Å². The Morgan fingerprint density at radius 3 is 2.55 bits per heavy atom. The summed E-state index contributed by atoms with van der Waals surface area (Å²) in [6.45, 7) is 2.93. The Morgan fingerprint density at radius 2 is 1.71 bits per heavy atom. The molecule has 0 fully saturated rings. The van der Waals surface area contributed by atoms with Crippen LogP contribution in [-0.4, -0.2) is 25.0 Å². The molecule has 1 aliphatic rings. The molecule has 1 heterocycles. The van der Waals surface area contributed by atoms with Gasteiger partial charge in [-0.2, -0.15) is 0 Å². The third-order valence-corrected chi connectivity index (χ3v) is 5.01. The van der Waals surface area contributed by atoms with E-state index in [2.05, 4.69) is 5.32 Å². The van der Waals surface area contributed by atoms with Gasteiger partial charge in [-0.05, 0) is 43.3 Å². The van der Waals surface area contributed by atoms with E-state index in [1.807, 2.05) is 67.6 Å². The Balaban J connectivity index is 1.36. The van der Waals surface area contributed by atoms with Crippen LogP contribution in [0.5, 0.6) is 17.2 Å². The van der Waals surface area contributed by atoms with Crippen molar-refractivity contribution in [3.63, 3.8) is 0 Å². The van der Waals surface area contributed by atoms with Gasteiger partial charge in [0, 0.05) is 12.8 Å². The molecule has 1 aliphatic heterocycles. The van der Waals surface area contributed by atoms with E-state index in [0.717, 1.165) is 11.3 Å². The van der Waals surface area contributed by atoms with Crippen molar-refractivity contribution in [2.75, 3.05) is 23.4 Å². The minimum atomic E-state index is -0.241. The number of carbonyl (C=O) groups is 2. The number of amides is 2. The van der Waals surface area contributed by atoms with Crippen molar-refractivity contribution in [3.8, 4) is 17.2 Å². The van der Waals surface area contributed by atoms with E-state index in [0.29, 0.717) is 36.1 Å². The SMILES string of the molecule is Cc1ccc(Oc2ccccc2NC(=O)CCC(=O)N2CCOc3ccccc32)cc1. The average molecular weight is 416 g/mol. The molecule has 0 aliphatic carbocycles. The van der Waals surface area contributed by atoms with Crippen LogP contribution in [0.15, 0.2) is 72.8 Å². The molecule has 1 N–H and O–H groups in total. The summed E-state index contributed by atoms with van der Waals surface area (Å²) in [5, 5.41) is 2.86. The number of benzene rings is 3. The molecule has 6 nitrogen and oxygen atoms in total. The molecule has 0 bridgehead atoms. The fraction of sp³-hybridized carbons (Fsp3) is 0.200. The lowest BCUT2D eigenvalue weighted by atomic mass is 10.2. The van der Waals surface area contributed by atoms with Crippen LogP contribution in [0, 0.1) is 6.92 Å². The lowest BCUT2D eigenvalue weighted by molar-refractivity contribution is -0.122. The smallest absolute Gasteiger partial charge is 0.227 e. The van der Waals surface area contributed by atoms with Crippen LogP contribution in [0.3, 0.4) is 0 Å². The monoisotopic (exact) mass is 416 g/mol. The van der Waals surface area contributed by atoms with Gasteiger partial charge < -0.3 is 19.7 Å². The van der Waals surface area contributed by atoms with E-state index in [1.54, 1.807) is 17.0 Å². The van der Waals surface area contributed by atoms with E-state index in [-0.39, 0.29) is 24.7 Å². The molecule has 4 rings (SSSR count). The van der Waals surface area contributed by atoms with Gasteiger partial charge in [0.1, 0.15) is 18.1 Å². The number of ether oxygens (including phenoxy) is 2. The molecule has 2 amide bonds. The van der Waals surface area contributed by atoms with Crippen LogP contribution >= 0.6 is 0 Å². The van der Waals surface area contributed by atoms with Gasteiger partial charge in [0.05, 0.1) is 17.9 Å². The highest BCUT2D eigenvalue weighted by Gasteiger charge is 2.23. The average Bonchev–Trinajstić information content (AvgIpc) is 2.80. The van der Waals surface area contributed by atoms with Crippen molar-refractivity contribution >= 4 is 23.2 Å². The van der Waals surface area contributed by atoms with Gasteiger partial charge in [-0.25, -0.2) is 0 Å². The molecule has 3 aromatic rings. The number of nitrogens with zero attached hydrogens (tertiary/aromatic N) is 1. The van der Waals surface area contributed by atoms with Gasteiger partial charge in [-0.15, -0.1) is 0 Å². The number of anilines is 2. The van der Waals surface area contributed by atoms with Crippen molar-refractivity contribution in [2.45, 2.75) is 19.8 Å². The Morgan fingerprint density at radius 1 is 0.968 bits per heavy atom. The molecule has 3 aromatic carbocycles. The van der Waals surface area contributed by atoms with Crippen LogP contribution < -0.4 is 19.7 Å². The molecular formula is C25H24N2O4. The number of para-hydroxylation sites is 4. The second kappa shape index (κ2) is 9.34. The summed E-state index contributed by atoms with van der Waals surface area (Å²) in [5.74, 6) is 1.58. The van der Waals surface area contributed by atoms with Crippen molar-refractivity contribution in [2.24, 2.45) is 0 Å². The van der Waals surface area contributed by atoms with Crippen LogP contribution in [0.4, 0.5) is 11.4 Å². The topological polar surface area (TPSA) is 67.9 Å². The zero-order chi connectivity index (χ0) is 21.6. The lowest BCUT2D eigenvalue weighted by Gasteiger charge is -2.29. The van der Waals surface area contributed by atoms with Crippen LogP contribution in [-0.2, 0) is 9.59 Å². The number of rotatable bonds is 6. The van der Waals surface area contributed by atoms with Gasteiger partial charge in [-0.3, -0.25) is 9.59 Å². The predicted octanol–water partition coefficient (Wildman–Crippen LogP) is 4.93. The Kier molecular flexibility index (Phi) is 6.17. The van der Waals surface area contributed by atoms with E-state index in [9.17, 15) is 9.59 Å². The summed E-state index contributed by atoms with van der Waals surface area (Å²) in [6.07, 6.45) is 0.193. The number of carbonyl (C=O) groups excluding carboxylic acids is 2. The lowest BCUT2D eigenvalue weighted by Crippen LogP contribution is -2.38. The maximum absolute atomic E-state index is 12.7. The molecule has 0 aromatic heterocycles. The predicted molar refractivity (Wildman–Crippen MR) is 120 cm³/mol. The quantitative estimate of drug-likeness (QED) is 0.619. The maximum atomic E-state index is 12.7. The summed E-state index contributed by atoms with van der Waals surface area (Å²) in [6, 6.07) is 22.4. The minimum absolute atomic E-state index is 0.0806. The van der Waals surface area contributed by atoms with Gasteiger partial charge in [0.25, 0.3) is 0 Å². The van der Waals surface area contributed by atoms with Gasteiger partial charge in [-0.1, -0.05) is 42.0 Å². The summed E-state index contributed by atoms with van der Waals surface area (Å²) in [7, 11) is 0. The number of nitrogens with one attached hydrogen (secondary N) is 1. The zero-order valence-corrected chi connectivity index (χ0v) is 17.3. The molecule has 0 unspecified atom stereocenters. The Hall–Kier alpha value is -3.80. The molecule has 0 spiro atoms. The van der Waals surface area contributed by atoms with Gasteiger partial charge in [0.2, 0.25) is 11.8 Å². The molecule has 0 atom stereocenters. The summed E-state index contributed by atoms with van der Waals surface area (Å²) in [4.78, 5) is 26.9. The number of hydrogen-bond donors (Lipinski definition) is 1. The normalized spacial score (nSPS) is 12.5. The molecule has 0 saturated carbocycles. The van der Waals surface area contributed by atoms with Crippen molar-refractivity contribution in [3.05, 3.63) is 78.4 Å². The van der Waals surface area contributed by atoms with Gasteiger partial charge >= 0.3 is 0 Å².